The first-order valence-corrected chi connectivity index (χ1v) is 19.7. The van der Waals surface area contributed by atoms with E-state index < -0.39 is 0 Å². The average Bonchev–Trinajstić information content (AvgIpc) is 3.80. The summed E-state index contributed by atoms with van der Waals surface area (Å²) in [4.78, 5) is 9.55. The second-order valence-electron chi connectivity index (χ2n) is 15.9. The SMILES string of the molecule is CC(C)(C)c1ccnc(-n2c3ccccc3c3ccc(Oc4cc(-c5ccccc5)cc(N5CN(c6ccccc6-c6ccc(F)cc6)c6ccccc65)c4)cc32)c1. The fourth-order valence-electron chi connectivity index (χ4n) is 8.22. The summed E-state index contributed by atoms with van der Waals surface area (Å²) in [7, 11) is 0. The summed E-state index contributed by atoms with van der Waals surface area (Å²) in [5, 5.41) is 2.30. The molecule has 0 bridgehead atoms. The van der Waals surface area contributed by atoms with E-state index in [2.05, 4.69) is 175 Å². The van der Waals surface area contributed by atoms with Crippen molar-refractivity contribution in [2.45, 2.75) is 26.2 Å². The molecule has 58 heavy (non-hydrogen) atoms. The minimum absolute atomic E-state index is 0.0227. The van der Waals surface area contributed by atoms with Crippen LogP contribution in [0.1, 0.15) is 26.3 Å². The van der Waals surface area contributed by atoms with E-state index in [1.807, 2.05) is 30.5 Å². The Morgan fingerprint density at radius 1 is 0.534 bits per heavy atom. The number of fused-ring (bicyclic) bond motifs is 4. The Morgan fingerprint density at radius 2 is 1.22 bits per heavy atom. The number of pyridine rings is 1. The Hall–Kier alpha value is -7.18. The van der Waals surface area contributed by atoms with Crippen LogP contribution in [0.5, 0.6) is 11.5 Å². The van der Waals surface area contributed by atoms with Crippen LogP contribution in [0.4, 0.5) is 27.1 Å². The second kappa shape index (κ2) is 14.1. The number of hydrogen-bond acceptors (Lipinski definition) is 4. The van der Waals surface area contributed by atoms with Gasteiger partial charge < -0.3 is 14.5 Å². The normalized spacial score (nSPS) is 12.7. The third-order valence-corrected chi connectivity index (χ3v) is 11.1. The first-order chi connectivity index (χ1) is 28.3. The zero-order valence-electron chi connectivity index (χ0n) is 32.6. The van der Waals surface area contributed by atoms with Crippen LogP contribution in [-0.4, -0.2) is 16.2 Å². The highest BCUT2D eigenvalue weighted by Gasteiger charge is 2.30. The molecule has 10 rings (SSSR count). The van der Waals surface area contributed by atoms with Crippen LogP contribution in [0.15, 0.2) is 182 Å². The molecule has 0 saturated carbocycles. The Balaban J connectivity index is 1.08. The van der Waals surface area contributed by atoms with E-state index >= 15 is 0 Å². The number of halogens is 1. The second-order valence-corrected chi connectivity index (χ2v) is 15.9. The third-order valence-electron chi connectivity index (χ3n) is 11.1. The predicted molar refractivity (Wildman–Crippen MR) is 237 cm³/mol. The van der Waals surface area contributed by atoms with Gasteiger partial charge in [0.1, 0.15) is 29.8 Å². The highest BCUT2D eigenvalue weighted by molar-refractivity contribution is 6.09. The number of ether oxygens (including phenoxy) is 1. The van der Waals surface area contributed by atoms with Crippen molar-refractivity contribution < 1.29 is 9.13 Å². The van der Waals surface area contributed by atoms with Gasteiger partial charge in [0.05, 0.1) is 28.1 Å². The van der Waals surface area contributed by atoms with Crippen LogP contribution < -0.4 is 14.5 Å². The maximum atomic E-state index is 14.0. The van der Waals surface area contributed by atoms with Gasteiger partial charge in [0.15, 0.2) is 0 Å². The molecule has 0 saturated heterocycles. The van der Waals surface area contributed by atoms with E-state index in [9.17, 15) is 4.39 Å². The van der Waals surface area contributed by atoms with Gasteiger partial charge >= 0.3 is 0 Å². The molecule has 6 heteroatoms. The number of rotatable bonds is 7. The van der Waals surface area contributed by atoms with E-state index in [-0.39, 0.29) is 11.2 Å². The van der Waals surface area contributed by atoms with Crippen LogP contribution in [0.2, 0.25) is 0 Å². The summed E-state index contributed by atoms with van der Waals surface area (Å²) in [6, 6.07) is 59.6. The molecule has 1 aliphatic heterocycles. The molecule has 9 aromatic rings. The maximum Gasteiger partial charge on any atom is 0.137 e. The predicted octanol–water partition coefficient (Wildman–Crippen LogP) is 14.0. The summed E-state index contributed by atoms with van der Waals surface area (Å²) in [5.74, 6) is 2.09. The molecule has 0 atom stereocenters. The van der Waals surface area contributed by atoms with Crippen molar-refractivity contribution in [3.8, 4) is 39.6 Å². The number of para-hydroxylation sites is 4. The topological polar surface area (TPSA) is 33.5 Å². The fourth-order valence-corrected chi connectivity index (χ4v) is 8.22. The summed E-state index contributed by atoms with van der Waals surface area (Å²) in [5.41, 5.74) is 11.7. The lowest BCUT2D eigenvalue weighted by atomic mass is 9.88. The Morgan fingerprint density at radius 3 is 2.02 bits per heavy atom. The standard InChI is InChI=1S/C52H41FN4O/c1-52(2,3)38-27-28-54-51(31-38)57-47-18-10-8-16-44(47)45-26-25-41(33-50(45)57)58-42-30-37(35-13-5-4-6-14-35)29-40(32-42)55-34-56(49-20-12-11-19-48(49)55)46-17-9-7-15-43(46)36-21-23-39(53)24-22-36/h4-33H,34H2,1-3H3. The molecule has 5 nitrogen and oxygen atoms in total. The molecule has 0 amide bonds. The minimum Gasteiger partial charge on any atom is -0.457 e. The molecule has 0 radical (unpaired) electrons. The molecule has 2 aromatic heterocycles. The van der Waals surface area contributed by atoms with Crippen LogP contribution in [0.3, 0.4) is 0 Å². The summed E-state index contributed by atoms with van der Waals surface area (Å²) >= 11 is 0. The van der Waals surface area contributed by atoms with E-state index in [4.69, 9.17) is 9.72 Å². The molecule has 0 N–H and O–H groups in total. The molecule has 0 unspecified atom stereocenters. The first-order valence-electron chi connectivity index (χ1n) is 19.7. The lowest BCUT2D eigenvalue weighted by molar-refractivity contribution is 0.483. The van der Waals surface area contributed by atoms with Gasteiger partial charge in [-0.3, -0.25) is 4.57 Å². The first kappa shape index (κ1) is 35.2. The molecule has 0 fully saturated rings. The molecule has 0 aliphatic carbocycles. The Kier molecular flexibility index (Phi) is 8.56. The van der Waals surface area contributed by atoms with Gasteiger partial charge in [-0.15, -0.1) is 0 Å². The highest BCUT2D eigenvalue weighted by Crippen LogP contribution is 2.48. The van der Waals surface area contributed by atoms with Gasteiger partial charge in [-0.1, -0.05) is 112 Å². The van der Waals surface area contributed by atoms with Crippen molar-refractivity contribution in [3.63, 3.8) is 0 Å². The van der Waals surface area contributed by atoms with E-state index in [1.54, 1.807) is 0 Å². The largest absolute Gasteiger partial charge is 0.457 e. The monoisotopic (exact) mass is 756 g/mol. The number of nitrogens with zero attached hydrogens (tertiary/aromatic N) is 4. The molecular formula is C52H41FN4O. The lowest BCUT2D eigenvalue weighted by Crippen LogP contribution is -2.24. The number of anilines is 4. The molecule has 282 valence electrons. The Bertz CT molecular complexity index is 2970. The van der Waals surface area contributed by atoms with E-state index in [1.165, 1.54) is 23.1 Å². The van der Waals surface area contributed by atoms with Crippen molar-refractivity contribution in [2.24, 2.45) is 0 Å². The minimum atomic E-state index is -0.250. The summed E-state index contributed by atoms with van der Waals surface area (Å²) in [6.45, 7) is 7.26. The third kappa shape index (κ3) is 6.33. The van der Waals surface area contributed by atoms with E-state index in [0.29, 0.717) is 6.67 Å². The molecule has 3 heterocycles. The van der Waals surface area contributed by atoms with Crippen LogP contribution in [-0.2, 0) is 5.41 Å². The zero-order valence-corrected chi connectivity index (χ0v) is 32.6. The summed E-state index contributed by atoms with van der Waals surface area (Å²) < 4.78 is 23.1. The highest BCUT2D eigenvalue weighted by atomic mass is 19.1. The zero-order chi connectivity index (χ0) is 39.4. The van der Waals surface area contributed by atoms with Gasteiger partial charge in [-0.25, -0.2) is 9.37 Å². The van der Waals surface area contributed by atoms with Gasteiger partial charge in [-0.2, -0.15) is 0 Å². The number of aromatic nitrogens is 2. The molecule has 0 spiro atoms. The van der Waals surface area contributed by atoms with Crippen molar-refractivity contribution in [1.82, 2.24) is 9.55 Å². The van der Waals surface area contributed by atoms with Crippen molar-refractivity contribution in [3.05, 3.63) is 194 Å². The van der Waals surface area contributed by atoms with Gasteiger partial charge in [0.2, 0.25) is 0 Å². The number of hydrogen-bond donors (Lipinski definition) is 0. The van der Waals surface area contributed by atoms with Crippen molar-refractivity contribution in [2.75, 3.05) is 16.5 Å². The van der Waals surface area contributed by atoms with Crippen LogP contribution in [0, 0.1) is 5.82 Å². The number of benzene rings is 7. The van der Waals surface area contributed by atoms with E-state index in [0.717, 1.165) is 78.7 Å². The quantitative estimate of drug-likeness (QED) is 0.162. The smallest absolute Gasteiger partial charge is 0.137 e. The Labute approximate surface area is 337 Å². The molecular weight excluding hydrogens is 716 g/mol. The fraction of sp³-hybridized carbons (Fsp3) is 0.0962. The van der Waals surface area contributed by atoms with Gasteiger partial charge in [0, 0.05) is 40.4 Å². The summed E-state index contributed by atoms with van der Waals surface area (Å²) in [6.07, 6.45) is 1.91. The average molecular weight is 757 g/mol. The molecule has 1 aliphatic rings. The van der Waals surface area contributed by atoms with Gasteiger partial charge in [0.25, 0.3) is 0 Å². The van der Waals surface area contributed by atoms with Gasteiger partial charge in [-0.05, 0) is 100 Å². The van der Waals surface area contributed by atoms with Crippen molar-refractivity contribution >= 4 is 44.6 Å². The maximum absolute atomic E-state index is 14.0. The lowest BCUT2D eigenvalue weighted by Gasteiger charge is -2.25. The van der Waals surface area contributed by atoms with Crippen LogP contribution in [0.25, 0.3) is 49.9 Å². The van der Waals surface area contributed by atoms with Crippen LogP contribution >= 0.6 is 0 Å². The molecule has 7 aromatic carbocycles. The van der Waals surface area contributed by atoms with Crippen molar-refractivity contribution in [1.29, 1.82) is 0 Å².